The van der Waals surface area contributed by atoms with Gasteiger partial charge in [-0.25, -0.2) is 9.97 Å². The minimum atomic E-state index is 0.0753. The summed E-state index contributed by atoms with van der Waals surface area (Å²) in [4.78, 5) is 21.1. The largest absolute Gasteiger partial charge is 0.467 e. The fourth-order valence-electron chi connectivity index (χ4n) is 3.94. The molecule has 8 nitrogen and oxygen atoms in total. The number of anilines is 1. The van der Waals surface area contributed by atoms with Gasteiger partial charge in [-0.3, -0.25) is 4.98 Å². The maximum atomic E-state index is 6.25. The van der Waals surface area contributed by atoms with E-state index in [0.29, 0.717) is 17.1 Å². The molecule has 9 heteroatoms. The van der Waals surface area contributed by atoms with Crippen LogP contribution in [-0.2, 0) is 0 Å². The highest BCUT2D eigenvalue weighted by atomic mass is 32.1. The van der Waals surface area contributed by atoms with E-state index in [0.717, 1.165) is 53.4 Å². The zero-order valence-electron chi connectivity index (χ0n) is 18.4. The SMILES string of the molecule is CC(C)c1noc(N2CCC([C@@H](C)Oc3nc4ccc(-c5ccncc5)nc4s3)CC2)n1. The van der Waals surface area contributed by atoms with E-state index in [4.69, 9.17) is 14.2 Å². The molecule has 1 saturated heterocycles. The number of fused-ring (bicyclic) bond motifs is 1. The van der Waals surface area contributed by atoms with E-state index in [9.17, 15) is 0 Å². The van der Waals surface area contributed by atoms with Crippen LogP contribution >= 0.6 is 11.3 Å². The van der Waals surface area contributed by atoms with Gasteiger partial charge in [0.2, 0.25) is 0 Å². The zero-order chi connectivity index (χ0) is 22.1. The highest BCUT2D eigenvalue weighted by Gasteiger charge is 2.28. The molecule has 0 aromatic carbocycles. The smallest absolute Gasteiger partial charge is 0.324 e. The summed E-state index contributed by atoms with van der Waals surface area (Å²) in [6.07, 6.45) is 5.64. The normalized spacial score (nSPS) is 16.1. The molecule has 1 atom stereocenters. The van der Waals surface area contributed by atoms with E-state index in [1.54, 1.807) is 12.4 Å². The van der Waals surface area contributed by atoms with Crippen LogP contribution in [0.3, 0.4) is 0 Å². The van der Waals surface area contributed by atoms with Gasteiger partial charge in [-0.1, -0.05) is 30.3 Å². The van der Waals surface area contributed by atoms with Gasteiger partial charge in [-0.15, -0.1) is 0 Å². The summed E-state index contributed by atoms with van der Waals surface area (Å²) in [5, 5.41) is 4.75. The van der Waals surface area contributed by atoms with Gasteiger partial charge in [0.05, 0.1) is 5.69 Å². The summed E-state index contributed by atoms with van der Waals surface area (Å²) in [5.74, 6) is 1.48. The summed E-state index contributed by atoms with van der Waals surface area (Å²) in [5.41, 5.74) is 2.82. The number of piperidine rings is 1. The molecule has 4 aromatic heterocycles. The number of pyridine rings is 2. The fraction of sp³-hybridized carbons (Fsp3) is 0.435. The third kappa shape index (κ3) is 4.29. The Hall–Kier alpha value is -3.07. The lowest BCUT2D eigenvalue weighted by atomic mass is 9.92. The van der Waals surface area contributed by atoms with Crippen molar-refractivity contribution < 1.29 is 9.26 Å². The molecule has 0 unspecified atom stereocenters. The van der Waals surface area contributed by atoms with Crippen LogP contribution in [0.4, 0.5) is 6.01 Å². The molecular formula is C23H26N6O2S. The van der Waals surface area contributed by atoms with E-state index >= 15 is 0 Å². The summed E-state index contributed by atoms with van der Waals surface area (Å²) < 4.78 is 11.7. The van der Waals surface area contributed by atoms with Crippen LogP contribution in [0.25, 0.3) is 21.6 Å². The lowest BCUT2D eigenvalue weighted by molar-refractivity contribution is 0.131. The van der Waals surface area contributed by atoms with Gasteiger partial charge in [-0.2, -0.15) is 4.98 Å². The van der Waals surface area contributed by atoms with Crippen molar-refractivity contribution >= 4 is 27.7 Å². The van der Waals surface area contributed by atoms with E-state index in [-0.39, 0.29) is 12.0 Å². The second kappa shape index (κ2) is 8.82. The van der Waals surface area contributed by atoms with Crippen molar-refractivity contribution in [2.24, 2.45) is 5.92 Å². The molecule has 5 rings (SSSR count). The van der Waals surface area contributed by atoms with Crippen molar-refractivity contribution in [3.63, 3.8) is 0 Å². The number of rotatable bonds is 6. The predicted molar refractivity (Wildman–Crippen MR) is 124 cm³/mol. The summed E-state index contributed by atoms with van der Waals surface area (Å²) in [6.45, 7) is 8.03. The quantitative estimate of drug-likeness (QED) is 0.408. The third-order valence-corrected chi connectivity index (χ3v) is 6.78. The van der Waals surface area contributed by atoms with Gasteiger partial charge in [0.25, 0.3) is 5.19 Å². The lowest BCUT2D eigenvalue weighted by Gasteiger charge is -2.33. The number of aromatic nitrogens is 5. The first-order valence-electron chi connectivity index (χ1n) is 11.0. The minimum Gasteiger partial charge on any atom is -0.467 e. The summed E-state index contributed by atoms with van der Waals surface area (Å²) in [7, 11) is 0. The highest BCUT2D eigenvalue weighted by molar-refractivity contribution is 7.19. The Morgan fingerprint density at radius 2 is 1.81 bits per heavy atom. The maximum absolute atomic E-state index is 6.25. The third-order valence-electron chi connectivity index (χ3n) is 5.92. The zero-order valence-corrected chi connectivity index (χ0v) is 19.2. The predicted octanol–water partition coefficient (Wildman–Crippen LogP) is 4.94. The molecule has 0 amide bonds. The van der Waals surface area contributed by atoms with E-state index in [1.165, 1.54) is 11.3 Å². The topological polar surface area (TPSA) is 90.1 Å². The van der Waals surface area contributed by atoms with Crippen LogP contribution in [0, 0.1) is 5.92 Å². The Labute approximate surface area is 190 Å². The van der Waals surface area contributed by atoms with Gasteiger partial charge in [0, 0.05) is 37.0 Å². The van der Waals surface area contributed by atoms with Crippen LogP contribution < -0.4 is 9.64 Å². The van der Waals surface area contributed by atoms with Crippen molar-refractivity contribution in [3.05, 3.63) is 42.5 Å². The van der Waals surface area contributed by atoms with Gasteiger partial charge < -0.3 is 14.2 Å². The van der Waals surface area contributed by atoms with Crippen LogP contribution in [-0.4, -0.2) is 44.3 Å². The first kappa shape index (κ1) is 20.8. The molecule has 0 bridgehead atoms. The Bertz CT molecular complexity index is 1180. The molecule has 1 aliphatic rings. The second-order valence-electron chi connectivity index (χ2n) is 8.47. The monoisotopic (exact) mass is 450 g/mol. The molecule has 0 aliphatic carbocycles. The van der Waals surface area contributed by atoms with Crippen LogP contribution in [0.15, 0.2) is 41.2 Å². The van der Waals surface area contributed by atoms with E-state index < -0.39 is 0 Å². The second-order valence-corrected chi connectivity index (χ2v) is 9.41. The average Bonchev–Trinajstić information content (AvgIpc) is 3.46. The van der Waals surface area contributed by atoms with E-state index in [2.05, 4.69) is 45.8 Å². The van der Waals surface area contributed by atoms with Crippen molar-refractivity contribution in [1.29, 1.82) is 0 Å². The molecule has 1 aliphatic heterocycles. The van der Waals surface area contributed by atoms with Gasteiger partial charge in [-0.05, 0) is 49.9 Å². The molecule has 1 fully saturated rings. The van der Waals surface area contributed by atoms with Crippen molar-refractivity contribution in [2.45, 2.75) is 45.6 Å². The van der Waals surface area contributed by atoms with Gasteiger partial charge >= 0.3 is 6.01 Å². The first-order valence-corrected chi connectivity index (χ1v) is 11.8. The van der Waals surface area contributed by atoms with E-state index in [1.807, 2.05) is 24.3 Å². The Morgan fingerprint density at radius 3 is 2.53 bits per heavy atom. The molecule has 5 heterocycles. The summed E-state index contributed by atoms with van der Waals surface area (Å²) in [6, 6.07) is 8.53. The van der Waals surface area contributed by atoms with Crippen LogP contribution in [0.1, 0.15) is 45.4 Å². The molecule has 0 radical (unpaired) electrons. The Morgan fingerprint density at radius 1 is 1.03 bits per heavy atom. The Balaban J connectivity index is 1.22. The molecule has 4 aromatic rings. The number of ether oxygens (including phenoxy) is 1. The lowest BCUT2D eigenvalue weighted by Crippen LogP contribution is -2.38. The molecule has 0 N–H and O–H groups in total. The van der Waals surface area contributed by atoms with Crippen molar-refractivity contribution in [2.75, 3.05) is 18.0 Å². The first-order chi connectivity index (χ1) is 15.6. The van der Waals surface area contributed by atoms with Crippen LogP contribution in [0.5, 0.6) is 5.19 Å². The molecule has 0 spiro atoms. The van der Waals surface area contributed by atoms with Crippen molar-refractivity contribution in [1.82, 2.24) is 25.1 Å². The van der Waals surface area contributed by atoms with Crippen LogP contribution in [0.2, 0.25) is 0 Å². The molecule has 166 valence electrons. The minimum absolute atomic E-state index is 0.0753. The Kier molecular flexibility index (Phi) is 5.73. The number of nitrogens with zero attached hydrogens (tertiary/aromatic N) is 6. The van der Waals surface area contributed by atoms with Gasteiger partial charge in [0.1, 0.15) is 16.5 Å². The fourth-order valence-corrected chi connectivity index (χ4v) is 4.81. The average molecular weight is 451 g/mol. The number of hydrogen-bond acceptors (Lipinski definition) is 9. The number of hydrogen-bond donors (Lipinski definition) is 0. The maximum Gasteiger partial charge on any atom is 0.324 e. The molecule has 32 heavy (non-hydrogen) atoms. The van der Waals surface area contributed by atoms with Crippen molar-refractivity contribution in [3.8, 4) is 16.5 Å². The van der Waals surface area contributed by atoms with Gasteiger partial charge in [0.15, 0.2) is 5.82 Å². The molecular weight excluding hydrogens is 424 g/mol. The summed E-state index contributed by atoms with van der Waals surface area (Å²) >= 11 is 1.50. The number of thiazole rings is 1. The standard InChI is InChI=1S/C23H26N6O2S/c1-14(2)20-27-22(31-28-20)29-12-8-16(9-13-29)15(3)30-23-26-19-5-4-18(25-21(19)32-23)17-6-10-24-11-7-17/h4-7,10-11,14-16H,8-9,12-13H2,1-3H3/t15-/m1/s1. The molecule has 0 saturated carbocycles. The highest BCUT2D eigenvalue weighted by Crippen LogP contribution is 2.32.